The van der Waals surface area contributed by atoms with Crippen molar-refractivity contribution in [3.05, 3.63) is 0 Å². The van der Waals surface area contributed by atoms with Crippen LogP contribution in [0.25, 0.3) is 0 Å². The number of nitrogens with zero attached hydrogens (tertiary/aromatic N) is 1. The number of hydrogen-bond acceptors (Lipinski definition) is 1. The van der Waals surface area contributed by atoms with E-state index in [9.17, 15) is 4.79 Å². The maximum absolute atomic E-state index is 10.4. The first-order valence-electron chi connectivity index (χ1n) is 2.37. The zero-order valence-electron chi connectivity index (χ0n) is 4.22. The number of carbonyl (C=O) groups is 1. The predicted molar refractivity (Wildman–Crippen MR) is 27.3 cm³/mol. The third-order valence-electron chi connectivity index (χ3n) is 1.10. The molecule has 1 aliphatic rings. The van der Waals surface area contributed by atoms with Crippen molar-refractivity contribution >= 4 is 12.1 Å². The van der Waals surface area contributed by atoms with Crippen molar-refractivity contribution in [2.75, 3.05) is 0 Å². The van der Waals surface area contributed by atoms with Crippen LogP contribution in [0.5, 0.6) is 0 Å². The third kappa shape index (κ3) is 0.683. The molecular formula is C5H7NO. The Bertz CT molecular complexity index is 117. The van der Waals surface area contributed by atoms with Crippen LogP contribution in [-0.2, 0) is 4.79 Å². The number of hydrogen-bond donors (Lipinski definition) is 0. The molecule has 1 aliphatic heterocycles. The first kappa shape index (κ1) is 4.50. The monoisotopic (exact) mass is 97.1 g/mol. The average Bonchev–Trinajstić information content (AvgIpc) is 1.91. The summed E-state index contributed by atoms with van der Waals surface area (Å²) < 4.78 is 0. The molecule has 0 unspecified atom stereocenters. The highest BCUT2D eigenvalue weighted by molar-refractivity contribution is 5.93. The zero-order valence-corrected chi connectivity index (χ0v) is 4.22. The van der Waals surface area contributed by atoms with Crippen molar-refractivity contribution in [1.29, 1.82) is 0 Å². The first-order chi connectivity index (χ1) is 3.30. The summed E-state index contributed by atoms with van der Waals surface area (Å²) >= 11 is 0. The van der Waals surface area contributed by atoms with Crippen molar-refractivity contribution in [1.82, 2.24) is 0 Å². The molecule has 2 nitrogen and oxygen atoms in total. The Morgan fingerprint density at radius 1 is 2.00 bits per heavy atom. The fourth-order valence-corrected chi connectivity index (χ4v) is 0.529. The van der Waals surface area contributed by atoms with Crippen LogP contribution in [-0.4, -0.2) is 12.1 Å². The summed E-state index contributed by atoms with van der Waals surface area (Å²) in [5.41, 5.74) is 0. The van der Waals surface area contributed by atoms with E-state index in [0.29, 0.717) is 0 Å². The van der Waals surface area contributed by atoms with E-state index in [0.717, 1.165) is 6.42 Å². The highest BCUT2D eigenvalue weighted by atomic mass is 16.1. The standard InChI is InChI=1S/C5H7NO/c1-4-2-3-6-5(4)7/h3-4H,2H2,1H3/t4-/m0/s1. The lowest BCUT2D eigenvalue weighted by Gasteiger charge is -1.89. The molecule has 1 amide bonds. The molecule has 0 aromatic rings. The Morgan fingerprint density at radius 3 is 2.86 bits per heavy atom. The summed E-state index contributed by atoms with van der Waals surface area (Å²) in [7, 11) is 0. The van der Waals surface area contributed by atoms with Crippen molar-refractivity contribution < 1.29 is 4.79 Å². The van der Waals surface area contributed by atoms with E-state index in [1.54, 1.807) is 6.21 Å². The Hall–Kier alpha value is -0.660. The van der Waals surface area contributed by atoms with Crippen LogP contribution in [0.2, 0.25) is 0 Å². The molecule has 1 rings (SSSR count). The Morgan fingerprint density at radius 2 is 2.71 bits per heavy atom. The lowest BCUT2D eigenvalue weighted by atomic mass is 10.1. The second-order valence-electron chi connectivity index (χ2n) is 1.79. The number of carbonyl (C=O) groups excluding carboxylic acids is 1. The predicted octanol–water partition coefficient (Wildman–Crippen LogP) is 0.624. The lowest BCUT2D eigenvalue weighted by Crippen LogP contribution is -1.98. The molecule has 1 heterocycles. The van der Waals surface area contributed by atoms with Gasteiger partial charge in [0, 0.05) is 12.1 Å². The molecule has 0 bridgehead atoms. The summed E-state index contributed by atoms with van der Waals surface area (Å²) in [6.45, 7) is 1.88. The van der Waals surface area contributed by atoms with Gasteiger partial charge in [-0.05, 0) is 6.42 Å². The van der Waals surface area contributed by atoms with Gasteiger partial charge in [0.1, 0.15) is 0 Å². The van der Waals surface area contributed by atoms with E-state index in [-0.39, 0.29) is 11.8 Å². The molecular weight excluding hydrogens is 90.1 g/mol. The topological polar surface area (TPSA) is 29.4 Å². The van der Waals surface area contributed by atoms with Crippen molar-refractivity contribution in [2.24, 2.45) is 10.9 Å². The molecule has 0 radical (unpaired) electrons. The van der Waals surface area contributed by atoms with Crippen molar-refractivity contribution in [3.8, 4) is 0 Å². The van der Waals surface area contributed by atoms with E-state index in [4.69, 9.17) is 0 Å². The molecule has 0 aromatic carbocycles. The van der Waals surface area contributed by atoms with Crippen LogP contribution in [0, 0.1) is 5.92 Å². The SMILES string of the molecule is C[C@H]1CC=NC1=O. The van der Waals surface area contributed by atoms with E-state index in [1.165, 1.54) is 0 Å². The van der Waals surface area contributed by atoms with E-state index in [2.05, 4.69) is 4.99 Å². The number of rotatable bonds is 0. The van der Waals surface area contributed by atoms with Gasteiger partial charge in [0.2, 0.25) is 5.91 Å². The Balaban J connectivity index is 2.62. The molecule has 0 N–H and O–H groups in total. The van der Waals surface area contributed by atoms with Gasteiger partial charge >= 0.3 is 0 Å². The Kier molecular flexibility index (Phi) is 0.929. The summed E-state index contributed by atoms with van der Waals surface area (Å²) in [4.78, 5) is 13.9. The minimum Gasteiger partial charge on any atom is -0.272 e. The van der Waals surface area contributed by atoms with E-state index >= 15 is 0 Å². The van der Waals surface area contributed by atoms with Crippen LogP contribution < -0.4 is 0 Å². The average molecular weight is 97.1 g/mol. The van der Waals surface area contributed by atoms with Crippen LogP contribution in [0.1, 0.15) is 13.3 Å². The molecule has 38 valence electrons. The van der Waals surface area contributed by atoms with Crippen LogP contribution >= 0.6 is 0 Å². The van der Waals surface area contributed by atoms with Crippen molar-refractivity contribution in [3.63, 3.8) is 0 Å². The maximum atomic E-state index is 10.4. The van der Waals surface area contributed by atoms with Gasteiger partial charge < -0.3 is 0 Å². The zero-order chi connectivity index (χ0) is 5.28. The fourth-order valence-electron chi connectivity index (χ4n) is 0.529. The quantitative estimate of drug-likeness (QED) is 0.435. The highest BCUT2D eigenvalue weighted by Crippen LogP contribution is 2.07. The maximum Gasteiger partial charge on any atom is 0.248 e. The molecule has 0 spiro atoms. The number of aliphatic imine (C=N–C) groups is 1. The van der Waals surface area contributed by atoms with Gasteiger partial charge in [0.05, 0.1) is 0 Å². The normalized spacial score (nSPS) is 29.3. The summed E-state index contributed by atoms with van der Waals surface area (Å²) in [6.07, 6.45) is 2.51. The molecule has 0 saturated heterocycles. The van der Waals surface area contributed by atoms with Gasteiger partial charge in [-0.1, -0.05) is 6.92 Å². The highest BCUT2D eigenvalue weighted by Gasteiger charge is 2.13. The summed E-state index contributed by atoms with van der Waals surface area (Å²) in [6, 6.07) is 0. The Labute approximate surface area is 42.3 Å². The minimum atomic E-state index is 0.0278. The second-order valence-corrected chi connectivity index (χ2v) is 1.79. The molecule has 0 saturated carbocycles. The van der Waals surface area contributed by atoms with Crippen LogP contribution in [0.4, 0.5) is 0 Å². The molecule has 0 aliphatic carbocycles. The first-order valence-corrected chi connectivity index (χ1v) is 2.37. The van der Waals surface area contributed by atoms with Crippen molar-refractivity contribution in [2.45, 2.75) is 13.3 Å². The summed E-state index contributed by atoms with van der Waals surface area (Å²) in [5, 5.41) is 0. The van der Waals surface area contributed by atoms with Crippen LogP contribution in [0.3, 0.4) is 0 Å². The van der Waals surface area contributed by atoms with Crippen LogP contribution in [0.15, 0.2) is 4.99 Å². The molecule has 1 atom stereocenters. The largest absolute Gasteiger partial charge is 0.272 e. The van der Waals surface area contributed by atoms with E-state index in [1.807, 2.05) is 6.92 Å². The molecule has 0 aromatic heterocycles. The lowest BCUT2D eigenvalue weighted by molar-refractivity contribution is -0.120. The van der Waals surface area contributed by atoms with Gasteiger partial charge in [-0.15, -0.1) is 0 Å². The smallest absolute Gasteiger partial charge is 0.248 e. The molecule has 7 heavy (non-hydrogen) atoms. The summed E-state index contributed by atoms with van der Waals surface area (Å²) in [5.74, 6) is 0.181. The second kappa shape index (κ2) is 1.45. The van der Waals surface area contributed by atoms with E-state index < -0.39 is 0 Å². The van der Waals surface area contributed by atoms with Gasteiger partial charge in [0.15, 0.2) is 0 Å². The van der Waals surface area contributed by atoms with Gasteiger partial charge in [-0.2, -0.15) is 0 Å². The van der Waals surface area contributed by atoms with Gasteiger partial charge in [-0.25, -0.2) is 4.99 Å². The molecule has 2 heteroatoms. The molecule has 0 fully saturated rings. The minimum absolute atomic E-state index is 0.0278. The fraction of sp³-hybridized carbons (Fsp3) is 0.600. The third-order valence-corrected chi connectivity index (χ3v) is 1.10. The van der Waals surface area contributed by atoms with Gasteiger partial charge in [0.25, 0.3) is 0 Å². The number of amides is 1. The van der Waals surface area contributed by atoms with Gasteiger partial charge in [-0.3, -0.25) is 4.79 Å².